The maximum atomic E-state index is 9.19. The largest absolute Gasteiger partial charge is 0.322 e. The van der Waals surface area contributed by atoms with Gasteiger partial charge in [0.2, 0.25) is 0 Å². The van der Waals surface area contributed by atoms with Gasteiger partial charge in [0.1, 0.15) is 6.54 Å². The fourth-order valence-corrected chi connectivity index (χ4v) is 3.69. The van der Waals surface area contributed by atoms with E-state index in [1.807, 2.05) is 0 Å². The summed E-state index contributed by atoms with van der Waals surface area (Å²) in [5, 5.41) is 0. The molecule has 0 aliphatic rings. The second kappa shape index (κ2) is 16.5. The van der Waals surface area contributed by atoms with Gasteiger partial charge in [0, 0.05) is 5.57 Å². The van der Waals surface area contributed by atoms with Crippen LogP contribution in [-0.4, -0.2) is 50.4 Å². The molecule has 0 bridgehead atoms. The SMILES string of the molecule is C=C(C[N+](C)(CCCCCCC)CCCCCCC)c1ccccc1.CS(=O)(=O)O. The van der Waals surface area contributed by atoms with Crippen LogP contribution < -0.4 is 0 Å². The highest BCUT2D eigenvalue weighted by Gasteiger charge is 2.22. The minimum Gasteiger partial charge on any atom is -0.322 e. The Balaban J connectivity index is 0.00000150. The van der Waals surface area contributed by atoms with E-state index in [9.17, 15) is 8.42 Å². The second-order valence-corrected chi connectivity index (χ2v) is 10.2. The smallest absolute Gasteiger partial charge is 0.261 e. The predicted octanol–water partition coefficient (Wildman–Crippen LogP) is 6.59. The van der Waals surface area contributed by atoms with Crippen molar-refractivity contribution in [2.75, 3.05) is 32.9 Å². The molecule has 5 heteroatoms. The van der Waals surface area contributed by atoms with E-state index >= 15 is 0 Å². The van der Waals surface area contributed by atoms with Crippen molar-refractivity contribution < 1.29 is 17.5 Å². The van der Waals surface area contributed by atoms with Crippen molar-refractivity contribution in [3.05, 3.63) is 42.5 Å². The first kappa shape index (κ1) is 28.8. The maximum absolute atomic E-state index is 9.19. The molecular formula is C25H46NO3S+. The minimum absolute atomic E-state index is 0.715. The maximum Gasteiger partial charge on any atom is 0.261 e. The zero-order valence-electron chi connectivity index (χ0n) is 19.9. The molecular weight excluding hydrogens is 394 g/mol. The molecule has 1 aromatic carbocycles. The molecule has 1 aromatic rings. The Hall–Kier alpha value is -1.17. The number of quaternary nitrogens is 1. The van der Waals surface area contributed by atoms with Crippen molar-refractivity contribution >= 4 is 15.7 Å². The van der Waals surface area contributed by atoms with Crippen molar-refractivity contribution in [1.82, 2.24) is 0 Å². The molecule has 0 saturated carbocycles. The van der Waals surface area contributed by atoms with Gasteiger partial charge >= 0.3 is 0 Å². The average Bonchev–Trinajstić information content (AvgIpc) is 2.67. The molecule has 0 heterocycles. The Morgan fingerprint density at radius 2 is 1.27 bits per heavy atom. The lowest BCUT2D eigenvalue weighted by atomic mass is 10.0. The molecule has 4 nitrogen and oxygen atoms in total. The summed E-state index contributed by atoms with van der Waals surface area (Å²) in [5.74, 6) is 0. The third-order valence-electron chi connectivity index (χ3n) is 5.36. The van der Waals surface area contributed by atoms with Crippen molar-refractivity contribution in [1.29, 1.82) is 0 Å². The van der Waals surface area contributed by atoms with Gasteiger partial charge in [-0.05, 0) is 31.2 Å². The number of unbranched alkanes of at least 4 members (excludes halogenated alkanes) is 8. The first-order chi connectivity index (χ1) is 14.1. The van der Waals surface area contributed by atoms with E-state index in [1.165, 1.54) is 88.4 Å². The number of benzene rings is 1. The highest BCUT2D eigenvalue weighted by molar-refractivity contribution is 7.85. The number of nitrogens with zero attached hydrogens (tertiary/aromatic N) is 1. The topological polar surface area (TPSA) is 54.4 Å². The lowest BCUT2D eigenvalue weighted by Gasteiger charge is -2.35. The van der Waals surface area contributed by atoms with Crippen LogP contribution in [0.1, 0.15) is 83.6 Å². The predicted molar refractivity (Wildman–Crippen MR) is 131 cm³/mol. The lowest BCUT2D eigenvalue weighted by Crippen LogP contribution is -2.46. The molecule has 0 fully saturated rings. The van der Waals surface area contributed by atoms with E-state index in [2.05, 4.69) is 57.8 Å². The van der Waals surface area contributed by atoms with Crippen molar-refractivity contribution in [2.45, 2.75) is 78.1 Å². The van der Waals surface area contributed by atoms with Crippen LogP contribution in [0.5, 0.6) is 0 Å². The zero-order valence-corrected chi connectivity index (χ0v) is 20.7. The molecule has 0 saturated heterocycles. The first-order valence-corrected chi connectivity index (χ1v) is 13.5. The average molecular weight is 441 g/mol. The van der Waals surface area contributed by atoms with Gasteiger partial charge in [0.15, 0.2) is 0 Å². The Morgan fingerprint density at radius 3 is 1.67 bits per heavy atom. The summed E-state index contributed by atoms with van der Waals surface area (Å²) in [6.07, 6.45) is 14.4. The molecule has 0 spiro atoms. The van der Waals surface area contributed by atoms with Gasteiger partial charge in [-0.3, -0.25) is 4.55 Å². The summed E-state index contributed by atoms with van der Waals surface area (Å²) in [7, 11) is -1.21. The van der Waals surface area contributed by atoms with Crippen LogP contribution in [0.25, 0.3) is 5.57 Å². The van der Waals surface area contributed by atoms with Crippen LogP contribution in [0, 0.1) is 0 Å². The highest BCUT2D eigenvalue weighted by atomic mass is 32.2. The third kappa shape index (κ3) is 17.7. The van der Waals surface area contributed by atoms with E-state index in [-0.39, 0.29) is 0 Å². The van der Waals surface area contributed by atoms with Crippen molar-refractivity contribution in [2.24, 2.45) is 0 Å². The van der Waals surface area contributed by atoms with Crippen LogP contribution in [0.15, 0.2) is 36.9 Å². The molecule has 30 heavy (non-hydrogen) atoms. The van der Waals surface area contributed by atoms with Crippen molar-refractivity contribution in [3.63, 3.8) is 0 Å². The fraction of sp³-hybridized carbons (Fsp3) is 0.680. The molecule has 0 unspecified atom stereocenters. The third-order valence-corrected chi connectivity index (χ3v) is 5.36. The Labute approximate surface area is 186 Å². The molecule has 1 N–H and O–H groups in total. The van der Waals surface area contributed by atoms with Crippen LogP contribution in [0.2, 0.25) is 0 Å². The van der Waals surface area contributed by atoms with E-state index in [0.717, 1.165) is 11.0 Å². The van der Waals surface area contributed by atoms with Gasteiger partial charge in [-0.2, -0.15) is 8.42 Å². The Bertz CT molecular complexity index is 634. The van der Waals surface area contributed by atoms with Crippen LogP contribution in [0.4, 0.5) is 0 Å². The summed E-state index contributed by atoms with van der Waals surface area (Å²) in [6, 6.07) is 10.7. The molecule has 0 aromatic heterocycles. The fourth-order valence-electron chi connectivity index (χ4n) is 3.69. The van der Waals surface area contributed by atoms with E-state index in [0.29, 0.717) is 6.26 Å². The van der Waals surface area contributed by atoms with E-state index in [4.69, 9.17) is 4.55 Å². The molecule has 0 atom stereocenters. The molecule has 0 aliphatic carbocycles. The van der Waals surface area contributed by atoms with E-state index < -0.39 is 10.1 Å². The molecule has 0 aliphatic heterocycles. The second-order valence-electron chi connectivity index (χ2n) is 8.76. The summed E-state index contributed by atoms with van der Waals surface area (Å²) >= 11 is 0. The lowest BCUT2D eigenvalue weighted by molar-refractivity contribution is -0.902. The quantitative estimate of drug-likeness (QED) is 0.190. The monoisotopic (exact) mass is 440 g/mol. The highest BCUT2D eigenvalue weighted by Crippen LogP contribution is 2.20. The minimum atomic E-state index is -3.67. The zero-order chi connectivity index (χ0) is 22.9. The number of hydrogen-bond donors (Lipinski definition) is 1. The Morgan fingerprint density at radius 1 is 0.867 bits per heavy atom. The van der Waals surface area contributed by atoms with Gasteiger partial charge in [0.05, 0.1) is 26.4 Å². The first-order valence-electron chi connectivity index (χ1n) is 11.6. The summed E-state index contributed by atoms with van der Waals surface area (Å²) < 4.78 is 27.0. The van der Waals surface area contributed by atoms with Crippen LogP contribution in [0.3, 0.4) is 0 Å². The summed E-state index contributed by atoms with van der Waals surface area (Å²) in [4.78, 5) is 0. The summed E-state index contributed by atoms with van der Waals surface area (Å²) in [5.41, 5.74) is 2.61. The number of rotatable bonds is 15. The molecule has 174 valence electrons. The van der Waals surface area contributed by atoms with Gasteiger partial charge in [-0.25, -0.2) is 0 Å². The van der Waals surface area contributed by atoms with Gasteiger partial charge in [-0.15, -0.1) is 0 Å². The Kier molecular flexibility index (Phi) is 15.9. The van der Waals surface area contributed by atoms with Gasteiger partial charge in [-0.1, -0.05) is 89.3 Å². The normalized spacial score (nSPS) is 11.6. The number of hydrogen-bond acceptors (Lipinski definition) is 2. The van der Waals surface area contributed by atoms with Gasteiger partial charge < -0.3 is 4.48 Å². The molecule has 1 rings (SSSR count). The van der Waals surface area contributed by atoms with Crippen LogP contribution in [-0.2, 0) is 10.1 Å². The van der Waals surface area contributed by atoms with Crippen molar-refractivity contribution in [3.8, 4) is 0 Å². The van der Waals surface area contributed by atoms with E-state index in [1.54, 1.807) is 0 Å². The summed E-state index contributed by atoms with van der Waals surface area (Å²) in [6.45, 7) is 12.7. The number of likely N-dealkylation sites (N-methyl/N-ethyl adjacent to an activating group) is 1. The van der Waals surface area contributed by atoms with Gasteiger partial charge in [0.25, 0.3) is 10.1 Å². The molecule has 0 amide bonds. The molecule has 0 radical (unpaired) electrons. The van der Waals surface area contributed by atoms with Crippen LogP contribution >= 0.6 is 0 Å². The standard InChI is InChI=1S/C24H42N.CH4O3S/c1-5-7-9-11-16-20-25(4,21-17-12-10-8-6-2)22-23(3)24-18-14-13-15-19-24;1-5(2,3)4/h13-15,18-19H,3,5-12,16-17,20-22H2,1-2,4H3;1H3,(H,2,3,4)/q+1;.